The van der Waals surface area contributed by atoms with E-state index < -0.39 is 0 Å². The van der Waals surface area contributed by atoms with Gasteiger partial charge in [0.25, 0.3) is 0 Å². The van der Waals surface area contributed by atoms with E-state index in [9.17, 15) is 0 Å². The van der Waals surface area contributed by atoms with E-state index >= 15 is 0 Å². The summed E-state index contributed by atoms with van der Waals surface area (Å²) in [6.07, 6.45) is 2.77. The summed E-state index contributed by atoms with van der Waals surface area (Å²) >= 11 is 2.44. The maximum atomic E-state index is 3.36. The molecule has 1 aliphatic heterocycles. The van der Waals surface area contributed by atoms with Gasteiger partial charge in [-0.2, -0.15) is 0 Å². The van der Waals surface area contributed by atoms with Gasteiger partial charge in [0.2, 0.25) is 0 Å². The molecule has 0 nitrogen and oxygen atoms in total. The zero-order valence-electron chi connectivity index (χ0n) is 7.88. The molecule has 76 valence electrons. The maximum absolute atomic E-state index is 3.36. The third-order valence-electron chi connectivity index (χ3n) is 1.40. The van der Waals surface area contributed by atoms with Gasteiger partial charge in [0.1, 0.15) is 0 Å². The molecule has 0 radical (unpaired) electrons. The predicted molar refractivity (Wildman–Crippen MR) is 67.0 cm³/mol. The molecule has 0 aromatic heterocycles. The number of hydrogen-bond acceptors (Lipinski definition) is 0. The van der Waals surface area contributed by atoms with Crippen molar-refractivity contribution in [3.8, 4) is 19.3 Å². The summed E-state index contributed by atoms with van der Waals surface area (Å²) in [6.45, 7) is 0. The molecule has 0 saturated carbocycles. The topological polar surface area (TPSA) is 0 Å². The van der Waals surface area contributed by atoms with E-state index in [-0.39, 0.29) is 0 Å². The summed E-state index contributed by atoms with van der Waals surface area (Å²) in [6, 6.07) is 0. The van der Waals surface area contributed by atoms with Crippen molar-refractivity contribution in [1.29, 1.82) is 0 Å². The molecule has 1 rings (SSSR count). The normalized spacial score (nSPS) is 19.4. The van der Waals surface area contributed by atoms with Crippen molar-refractivity contribution in [2.75, 3.05) is 0 Å². The average Bonchev–Trinajstić information content (AvgIpc) is 2.22. The van der Waals surface area contributed by atoms with Crippen LogP contribution in [0.5, 0.6) is 0 Å². The van der Waals surface area contributed by atoms with E-state index in [1.165, 1.54) is 34.1 Å². The molecule has 0 spiro atoms. The molecular formula is C10H12Se4. The van der Waals surface area contributed by atoms with E-state index in [4.69, 9.17) is 0 Å². The Kier molecular flexibility index (Phi) is 10.1. The minimum absolute atomic E-state index is 0.598. The van der Waals surface area contributed by atoms with Crippen molar-refractivity contribution in [2.24, 2.45) is 0 Å². The monoisotopic (exact) mass is 452 g/mol. The zero-order valence-corrected chi connectivity index (χ0v) is 14.7. The Balaban J connectivity index is 2.22. The van der Waals surface area contributed by atoms with E-state index in [0.717, 1.165) is 0 Å². The van der Waals surface area contributed by atoms with Crippen molar-refractivity contribution < 1.29 is 0 Å². The fourth-order valence-electron chi connectivity index (χ4n) is 0.754. The van der Waals surface area contributed by atoms with E-state index in [0.29, 0.717) is 59.8 Å². The van der Waals surface area contributed by atoms with Gasteiger partial charge in [-0.15, -0.1) is 0 Å². The Morgan fingerprint density at radius 3 is 1.29 bits per heavy atom. The Morgan fingerprint density at radius 2 is 0.857 bits per heavy atom. The van der Waals surface area contributed by atoms with Gasteiger partial charge in [0, 0.05) is 0 Å². The Labute approximate surface area is 112 Å². The summed E-state index contributed by atoms with van der Waals surface area (Å²) in [7, 11) is 0. The van der Waals surface area contributed by atoms with E-state index in [1.54, 1.807) is 0 Å². The first kappa shape index (κ1) is 13.3. The van der Waals surface area contributed by atoms with Gasteiger partial charge in [-0.1, -0.05) is 0 Å². The zero-order chi connectivity index (χ0) is 9.90. The summed E-state index contributed by atoms with van der Waals surface area (Å²) < 4.78 is 0. The van der Waals surface area contributed by atoms with Crippen molar-refractivity contribution in [3.63, 3.8) is 0 Å². The van der Waals surface area contributed by atoms with Crippen molar-refractivity contribution in [1.82, 2.24) is 0 Å². The van der Waals surface area contributed by atoms with Crippen LogP contribution in [0.2, 0.25) is 21.3 Å². The van der Waals surface area contributed by atoms with Crippen LogP contribution in [0.15, 0.2) is 0 Å². The Morgan fingerprint density at radius 1 is 0.500 bits per heavy atom. The summed E-state index contributed by atoms with van der Waals surface area (Å²) in [4.78, 5) is 13.4. The first-order chi connectivity index (χ1) is 7.00. The van der Waals surface area contributed by atoms with Crippen LogP contribution in [0.3, 0.4) is 0 Å². The second-order valence-corrected chi connectivity index (χ2v) is 10.1. The SMILES string of the molecule is C1#C[Se]CC[Se]C#C[Se]CCCC[Se]1. The molecule has 0 fully saturated rings. The van der Waals surface area contributed by atoms with Crippen LogP contribution in [-0.2, 0) is 0 Å². The molecule has 0 aromatic rings. The quantitative estimate of drug-likeness (QED) is 0.385. The van der Waals surface area contributed by atoms with Gasteiger partial charge in [-0.3, -0.25) is 0 Å². The molecule has 0 unspecified atom stereocenters. The van der Waals surface area contributed by atoms with E-state index in [2.05, 4.69) is 19.3 Å². The second kappa shape index (κ2) is 10.7. The molecule has 0 bridgehead atoms. The van der Waals surface area contributed by atoms with Gasteiger partial charge in [-0.25, -0.2) is 0 Å². The molecular weight excluding hydrogens is 436 g/mol. The third-order valence-corrected chi connectivity index (χ3v) is 9.87. The van der Waals surface area contributed by atoms with Gasteiger partial charge >= 0.3 is 113 Å². The molecule has 0 atom stereocenters. The van der Waals surface area contributed by atoms with Crippen LogP contribution >= 0.6 is 0 Å². The van der Waals surface area contributed by atoms with Crippen LogP contribution < -0.4 is 0 Å². The number of hydrogen-bond donors (Lipinski definition) is 0. The van der Waals surface area contributed by atoms with Crippen LogP contribution in [0, 0.1) is 19.3 Å². The Hall–Kier alpha value is 1.20. The molecule has 1 aliphatic rings. The van der Waals surface area contributed by atoms with Gasteiger partial charge in [-0.05, 0) is 0 Å². The fraction of sp³-hybridized carbons (Fsp3) is 0.600. The molecule has 0 saturated heterocycles. The van der Waals surface area contributed by atoms with Crippen molar-refractivity contribution in [3.05, 3.63) is 0 Å². The number of rotatable bonds is 0. The first-order valence-corrected chi connectivity index (χ1v) is 12.7. The van der Waals surface area contributed by atoms with Crippen LogP contribution in [0.1, 0.15) is 12.8 Å². The molecule has 0 N–H and O–H groups in total. The minimum atomic E-state index is 0.598. The molecule has 0 aliphatic carbocycles. The average molecular weight is 448 g/mol. The molecule has 0 aromatic carbocycles. The van der Waals surface area contributed by atoms with E-state index in [1.807, 2.05) is 0 Å². The summed E-state index contributed by atoms with van der Waals surface area (Å²) in [5.74, 6) is 0. The summed E-state index contributed by atoms with van der Waals surface area (Å²) in [5, 5.41) is 5.39. The third kappa shape index (κ3) is 8.50. The van der Waals surface area contributed by atoms with Crippen LogP contribution in [0.25, 0.3) is 0 Å². The first-order valence-electron chi connectivity index (χ1n) is 4.47. The second-order valence-electron chi connectivity index (χ2n) is 2.51. The van der Waals surface area contributed by atoms with Crippen LogP contribution in [-0.4, -0.2) is 59.8 Å². The molecule has 0 amide bonds. The van der Waals surface area contributed by atoms with Gasteiger partial charge in [0.05, 0.1) is 0 Å². The van der Waals surface area contributed by atoms with Crippen LogP contribution in [0.4, 0.5) is 0 Å². The summed E-state index contributed by atoms with van der Waals surface area (Å²) in [5.41, 5.74) is 0. The fourth-order valence-corrected chi connectivity index (χ4v) is 8.30. The van der Waals surface area contributed by atoms with Crippen molar-refractivity contribution >= 4 is 59.8 Å². The molecule has 4 heteroatoms. The van der Waals surface area contributed by atoms with Gasteiger partial charge < -0.3 is 0 Å². The Bertz CT molecular complexity index is 225. The predicted octanol–water partition coefficient (Wildman–Crippen LogP) is 1.11. The molecule has 1 heterocycles. The van der Waals surface area contributed by atoms with Gasteiger partial charge in [0.15, 0.2) is 0 Å². The standard InChI is InChI=1S/C10H12Se4/c1-2-4-12-6-8-14-10-9-13-7-5-11-3-1/h1-4,9-10H2. The van der Waals surface area contributed by atoms with Crippen molar-refractivity contribution in [2.45, 2.75) is 34.1 Å². The molecule has 14 heavy (non-hydrogen) atoms.